The van der Waals surface area contributed by atoms with Gasteiger partial charge in [0.2, 0.25) is 0 Å². The van der Waals surface area contributed by atoms with Crippen LogP contribution >= 0.6 is 0 Å². The molecule has 1 amide bonds. The third-order valence-corrected chi connectivity index (χ3v) is 2.70. The first kappa shape index (κ1) is 35.3. The van der Waals surface area contributed by atoms with E-state index in [0.29, 0.717) is 6.54 Å². The predicted octanol–water partition coefficient (Wildman–Crippen LogP) is 7.32. The van der Waals surface area contributed by atoms with Crippen molar-refractivity contribution in [2.45, 2.75) is 95.2 Å². The van der Waals surface area contributed by atoms with E-state index in [1.807, 2.05) is 120 Å². The molecule has 30 heavy (non-hydrogen) atoms. The molecule has 0 bridgehead atoms. The summed E-state index contributed by atoms with van der Waals surface area (Å²) in [6.07, 6.45) is 3.44. The Kier molecular flexibility index (Phi) is 29.3. The summed E-state index contributed by atoms with van der Waals surface area (Å²) in [7, 11) is 1.77. The number of ether oxygens (including phenoxy) is 1. The first-order chi connectivity index (χ1) is 14.4. The standard InChI is InChI=1S/C17H25N3O2.4C2H6/c1-6-7-15(18-5)14-10-8-13(9-11-14)12-19-20-16(21)22-17(2,3)4;4*1-2/h6-11,19H,12H2,1-5H3,(H,20,21);4*1-2H3/b7-6-,18-15?;;;;. The van der Waals surface area contributed by atoms with Gasteiger partial charge in [-0.15, -0.1) is 0 Å². The van der Waals surface area contributed by atoms with Crippen LogP contribution in [-0.4, -0.2) is 24.5 Å². The molecule has 0 atom stereocenters. The third kappa shape index (κ3) is 20.6. The molecule has 0 unspecified atom stereocenters. The van der Waals surface area contributed by atoms with Crippen molar-refractivity contribution in [3.8, 4) is 0 Å². The van der Waals surface area contributed by atoms with E-state index in [2.05, 4.69) is 15.8 Å². The summed E-state index contributed by atoms with van der Waals surface area (Å²) in [4.78, 5) is 15.7. The molecule has 5 heteroatoms. The SMILES string of the molecule is C/C=C\C(=NC)c1ccc(CNNC(=O)OC(C)(C)C)cc1.CC.CC.CC.CC. The zero-order chi connectivity index (χ0) is 24.6. The van der Waals surface area contributed by atoms with Crippen molar-refractivity contribution in [1.82, 2.24) is 10.9 Å². The van der Waals surface area contributed by atoms with Gasteiger partial charge in [-0.05, 0) is 44.9 Å². The molecule has 0 spiro atoms. The van der Waals surface area contributed by atoms with E-state index in [1.165, 1.54) is 0 Å². The van der Waals surface area contributed by atoms with E-state index >= 15 is 0 Å². The van der Waals surface area contributed by atoms with E-state index in [1.54, 1.807) is 7.05 Å². The van der Waals surface area contributed by atoms with Crippen LogP contribution in [0.25, 0.3) is 0 Å². The lowest BCUT2D eigenvalue weighted by molar-refractivity contribution is 0.0497. The van der Waals surface area contributed by atoms with Crippen LogP contribution in [0.2, 0.25) is 0 Å². The highest BCUT2D eigenvalue weighted by atomic mass is 16.6. The number of allylic oxidation sites excluding steroid dienone is 2. The van der Waals surface area contributed by atoms with Gasteiger partial charge in [-0.25, -0.2) is 10.2 Å². The molecule has 0 saturated carbocycles. The molecule has 1 rings (SSSR count). The lowest BCUT2D eigenvalue weighted by Crippen LogP contribution is -2.40. The van der Waals surface area contributed by atoms with Crippen LogP contribution in [0.4, 0.5) is 4.79 Å². The molecular formula is C25H49N3O2. The summed E-state index contributed by atoms with van der Waals surface area (Å²) in [5.74, 6) is 0. The Morgan fingerprint density at radius 2 is 1.43 bits per heavy atom. The van der Waals surface area contributed by atoms with Gasteiger partial charge in [-0.1, -0.05) is 85.7 Å². The van der Waals surface area contributed by atoms with Gasteiger partial charge in [-0.2, -0.15) is 0 Å². The largest absolute Gasteiger partial charge is 0.443 e. The number of rotatable bonds is 5. The van der Waals surface area contributed by atoms with Gasteiger partial charge in [0.15, 0.2) is 0 Å². The molecule has 0 saturated heterocycles. The molecule has 0 fully saturated rings. The number of amides is 1. The smallest absolute Gasteiger partial charge is 0.422 e. The quantitative estimate of drug-likeness (QED) is 0.385. The van der Waals surface area contributed by atoms with Crippen molar-refractivity contribution in [3.63, 3.8) is 0 Å². The maximum absolute atomic E-state index is 11.5. The van der Waals surface area contributed by atoms with Gasteiger partial charge in [0.05, 0.1) is 5.71 Å². The third-order valence-electron chi connectivity index (χ3n) is 2.70. The highest BCUT2D eigenvalue weighted by molar-refractivity contribution is 6.08. The maximum atomic E-state index is 11.5. The molecule has 0 aliphatic carbocycles. The minimum absolute atomic E-state index is 0.488. The number of hydrogen-bond donors (Lipinski definition) is 2. The van der Waals surface area contributed by atoms with Gasteiger partial charge in [0.1, 0.15) is 5.60 Å². The maximum Gasteiger partial charge on any atom is 0.422 e. The minimum atomic E-state index is -0.504. The van der Waals surface area contributed by atoms with Crippen molar-refractivity contribution >= 4 is 11.8 Å². The fraction of sp³-hybridized carbons (Fsp3) is 0.600. The molecule has 176 valence electrons. The van der Waals surface area contributed by atoms with Gasteiger partial charge < -0.3 is 4.74 Å². The molecule has 0 heterocycles. The predicted molar refractivity (Wildman–Crippen MR) is 135 cm³/mol. The van der Waals surface area contributed by atoms with E-state index in [4.69, 9.17) is 4.74 Å². The molecule has 0 aromatic heterocycles. The van der Waals surface area contributed by atoms with Crippen LogP contribution in [0.5, 0.6) is 0 Å². The summed E-state index contributed by atoms with van der Waals surface area (Å²) in [5, 5.41) is 0. The molecule has 0 radical (unpaired) electrons. The van der Waals surface area contributed by atoms with Gasteiger partial charge in [-0.3, -0.25) is 10.4 Å². The second kappa shape index (κ2) is 24.9. The Morgan fingerprint density at radius 1 is 0.967 bits per heavy atom. The van der Waals surface area contributed by atoms with E-state index in [9.17, 15) is 4.79 Å². The zero-order valence-corrected chi connectivity index (χ0v) is 21.9. The van der Waals surface area contributed by atoms with Crippen molar-refractivity contribution in [2.75, 3.05) is 7.05 Å². The Labute approximate surface area is 187 Å². The molecule has 5 nitrogen and oxygen atoms in total. The Hall–Kier alpha value is -2.14. The second-order valence-corrected chi connectivity index (χ2v) is 5.79. The summed E-state index contributed by atoms with van der Waals surface area (Å²) in [5.41, 5.74) is 7.90. The average Bonchev–Trinajstić information content (AvgIpc) is 2.77. The number of nitrogens with zero attached hydrogens (tertiary/aromatic N) is 1. The van der Waals surface area contributed by atoms with Gasteiger partial charge in [0.25, 0.3) is 0 Å². The van der Waals surface area contributed by atoms with Crippen molar-refractivity contribution in [2.24, 2.45) is 4.99 Å². The fourth-order valence-electron chi connectivity index (χ4n) is 1.77. The van der Waals surface area contributed by atoms with Crippen molar-refractivity contribution in [3.05, 3.63) is 47.5 Å². The highest BCUT2D eigenvalue weighted by Crippen LogP contribution is 2.08. The first-order valence-corrected chi connectivity index (χ1v) is 11.3. The minimum Gasteiger partial charge on any atom is -0.443 e. The summed E-state index contributed by atoms with van der Waals surface area (Å²) in [6, 6.07) is 8.00. The van der Waals surface area contributed by atoms with Gasteiger partial charge in [0, 0.05) is 13.6 Å². The monoisotopic (exact) mass is 423 g/mol. The normalized spacial score (nSPS) is 9.97. The number of aliphatic imine (C=N–C) groups is 1. The number of carbonyl (C=O) groups is 1. The highest BCUT2D eigenvalue weighted by Gasteiger charge is 2.15. The number of hydrazine groups is 1. The van der Waals surface area contributed by atoms with Crippen LogP contribution in [0.1, 0.15) is 94.2 Å². The molecule has 1 aromatic rings. The lowest BCUT2D eigenvalue weighted by atomic mass is 10.1. The summed E-state index contributed by atoms with van der Waals surface area (Å²) >= 11 is 0. The molecule has 2 N–H and O–H groups in total. The Morgan fingerprint density at radius 3 is 1.80 bits per heavy atom. The van der Waals surface area contributed by atoms with Crippen LogP contribution in [-0.2, 0) is 11.3 Å². The van der Waals surface area contributed by atoms with Crippen molar-refractivity contribution < 1.29 is 9.53 Å². The average molecular weight is 424 g/mol. The summed E-state index contributed by atoms with van der Waals surface area (Å²) in [6.45, 7) is 23.9. The molecule has 0 aliphatic heterocycles. The number of hydrogen-bond acceptors (Lipinski definition) is 4. The Balaban J connectivity index is -0.000000376. The van der Waals surface area contributed by atoms with Crippen LogP contribution in [0.15, 0.2) is 41.4 Å². The topological polar surface area (TPSA) is 62.7 Å². The van der Waals surface area contributed by atoms with E-state index < -0.39 is 11.7 Å². The van der Waals surface area contributed by atoms with Crippen LogP contribution in [0, 0.1) is 0 Å². The number of carbonyl (C=O) groups excluding carboxylic acids is 1. The lowest BCUT2D eigenvalue weighted by Gasteiger charge is -2.19. The van der Waals surface area contributed by atoms with Gasteiger partial charge >= 0.3 is 6.09 Å². The van der Waals surface area contributed by atoms with Crippen LogP contribution < -0.4 is 10.9 Å². The second-order valence-electron chi connectivity index (χ2n) is 5.79. The fourth-order valence-corrected chi connectivity index (χ4v) is 1.77. The van der Waals surface area contributed by atoms with Crippen molar-refractivity contribution in [1.29, 1.82) is 0 Å². The first-order valence-electron chi connectivity index (χ1n) is 11.3. The number of nitrogens with one attached hydrogen (secondary N) is 2. The van der Waals surface area contributed by atoms with E-state index in [0.717, 1.165) is 16.8 Å². The summed E-state index contributed by atoms with van der Waals surface area (Å²) < 4.78 is 5.13. The number of benzene rings is 1. The molecular weight excluding hydrogens is 374 g/mol. The molecule has 0 aliphatic rings. The van der Waals surface area contributed by atoms with Crippen LogP contribution in [0.3, 0.4) is 0 Å². The zero-order valence-electron chi connectivity index (χ0n) is 21.9. The Bertz CT molecular complexity index is 543. The molecule has 1 aromatic carbocycles. The van der Waals surface area contributed by atoms with E-state index in [-0.39, 0.29) is 0 Å².